The summed E-state index contributed by atoms with van der Waals surface area (Å²) in [5.41, 5.74) is 0.300. The van der Waals surface area contributed by atoms with Gasteiger partial charge in [-0.05, 0) is 5.56 Å². The summed E-state index contributed by atoms with van der Waals surface area (Å²) in [5.74, 6) is -0.899. The largest absolute Gasteiger partial charge is 0.479 e. The van der Waals surface area contributed by atoms with Gasteiger partial charge in [-0.25, -0.2) is 4.79 Å². The summed E-state index contributed by atoms with van der Waals surface area (Å²) >= 11 is 0. The zero-order valence-electron chi connectivity index (χ0n) is 5.48. The summed E-state index contributed by atoms with van der Waals surface area (Å²) in [5, 5.41) is 8.37. The fourth-order valence-electron chi connectivity index (χ4n) is 0.529. The van der Waals surface area contributed by atoms with Crippen LogP contribution in [0.15, 0.2) is 24.3 Å². The van der Waals surface area contributed by atoms with Crippen LogP contribution >= 0.6 is 0 Å². The van der Waals surface area contributed by atoms with E-state index in [0.717, 1.165) is 0 Å². The van der Waals surface area contributed by atoms with E-state index in [1.807, 2.05) is 0 Å². The Kier molecular flexibility index (Phi) is 6.85. The Morgan fingerprint density at radius 2 is 1.82 bits per heavy atom. The molecular formula is C7H7NiO3-. The molecule has 0 heterocycles. The van der Waals surface area contributed by atoms with Gasteiger partial charge in [0.2, 0.25) is 0 Å². The molecule has 0 saturated carbocycles. The van der Waals surface area contributed by atoms with E-state index in [2.05, 4.69) is 6.07 Å². The predicted molar refractivity (Wildman–Crippen MR) is 35.9 cm³/mol. The maximum absolute atomic E-state index is 10.2. The molecule has 0 amide bonds. The van der Waals surface area contributed by atoms with Crippen LogP contribution in [0.25, 0.3) is 0 Å². The van der Waals surface area contributed by atoms with Gasteiger partial charge in [0.05, 0.1) is 0 Å². The number of aromatic carboxylic acids is 1. The molecule has 0 aliphatic heterocycles. The molecule has 11 heavy (non-hydrogen) atoms. The quantitative estimate of drug-likeness (QED) is 0.522. The molecule has 0 unspecified atom stereocenters. The van der Waals surface area contributed by atoms with E-state index in [0.29, 0.717) is 5.56 Å². The van der Waals surface area contributed by atoms with Crippen LogP contribution in [-0.2, 0) is 16.5 Å². The number of carboxylic acids is 1. The molecule has 0 atom stereocenters. The van der Waals surface area contributed by atoms with Crippen LogP contribution in [0.1, 0.15) is 10.4 Å². The van der Waals surface area contributed by atoms with E-state index in [-0.39, 0.29) is 22.0 Å². The summed E-state index contributed by atoms with van der Waals surface area (Å²) in [6.45, 7) is 0. The van der Waals surface area contributed by atoms with Crippen LogP contribution in [0.4, 0.5) is 0 Å². The fourth-order valence-corrected chi connectivity index (χ4v) is 0.529. The van der Waals surface area contributed by atoms with Gasteiger partial charge in [0.15, 0.2) is 0 Å². The van der Waals surface area contributed by atoms with Crippen molar-refractivity contribution in [2.75, 3.05) is 0 Å². The Labute approximate surface area is 74.3 Å². The average molecular weight is 198 g/mol. The molecule has 1 rings (SSSR count). The zero-order chi connectivity index (χ0) is 6.69. The maximum Gasteiger partial charge on any atom is 0.311 e. The number of carbonyl (C=O) groups is 1. The monoisotopic (exact) mass is 197 g/mol. The smallest absolute Gasteiger partial charge is 0.311 e. The van der Waals surface area contributed by atoms with E-state index in [1.54, 1.807) is 12.1 Å². The minimum atomic E-state index is -0.899. The summed E-state index contributed by atoms with van der Waals surface area (Å²) < 4.78 is 0. The first-order valence-corrected chi connectivity index (χ1v) is 2.50. The van der Waals surface area contributed by atoms with Crippen molar-refractivity contribution in [2.45, 2.75) is 0 Å². The molecule has 3 nitrogen and oxygen atoms in total. The van der Waals surface area contributed by atoms with Crippen molar-refractivity contribution in [1.82, 2.24) is 0 Å². The van der Waals surface area contributed by atoms with Gasteiger partial charge in [0.1, 0.15) is 0 Å². The molecule has 64 valence electrons. The number of hydrogen-bond donors (Lipinski definition) is 1. The topological polar surface area (TPSA) is 68.8 Å². The summed E-state index contributed by atoms with van der Waals surface area (Å²) in [7, 11) is 0. The molecule has 0 aromatic heterocycles. The van der Waals surface area contributed by atoms with E-state index < -0.39 is 5.97 Å². The van der Waals surface area contributed by atoms with Gasteiger partial charge < -0.3 is 10.6 Å². The number of carboxylic acid groups (broad SMARTS) is 1. The fraction of sp³-hybridized carbons (Fsp3) is 0. The van der Waals surface area contributed by atoms with Crippen molar-refractivity contribution in [1.29, 1.82) is 0 Å². The average Bonchev–Trinajstić information content (AvgIpc) is 1.90. The van der Waals surface area contributed by atoms with Gasteiger partial charge in [-0.2, -0.15) is 30.3 Å². The molecule has 0 spiro atoms. The second-order valence-electron chi connectivity index (χ2n) is 1.59. The first kappa shape index (κ1) is 12.8. The van der Waals surface area contributed by atoms with Crippen molar-refractivity contribution < 1.29 is 31.9 Å². The second-order valence-corrected chi connectivity index (χ2v) is 1.59. The van der Waals surface area contributed by atoms with Crippen LogP contribution in [-0.4, -0.2) is 16.6 Å². The van der Waals surface area contributed by atoms with Crippen LogP contribution in [0.5, 0.6) is 0 Å². The Bertz CT molecular complexity index is 210. The third-order valence-corrected chi connectivity index (χ3v) is 0.965. The Morgan fingerprint density at radius 3 is 2.09 bits per heavy atom. The molecule has 3 N–H and O–H groups in total. The summed E-state index contributed by atoms with van der Waals surface area (Å²) in [6, 6.07) is 8.87. The third-order valence-electron chi connectivity index (χ3n) is 0.965. The van der Waals surface area contributed by atoms with E-state index in [9.17, 15) is 4.79 Å². The second kappa shape index (κ2) is 5.89. The van der Waals surface area contributed by atoms with Gasteiger partial charge in [0, 0.05) is 16.5 Å². The molecule has 1 aromatic carbocycles. The number of hydrogen-bond acceptors (Lipinski definition) is 1. The van der Waals surface area contributed by atoms with Gasteiger partial charge in [-0.15, -0.1) is 0 Å². The van der Waals surface area contributed by atoms with Crippen molar-refractivity contribution in [3.05, 3.63) is 35.9 Å². The van der Waals surface area contributed by atoms with Crippen LogP contribution in [0.3, 0.4) is 0 Å². The van der Waals surface area contributed by atoms with E-state index >= 15 is 0 Å². The van der Waals surface area contributed by atoms with Crippen LogP contribution < -0.4 is 0 Å². The molecule has 0 radical (unpaired) electrons. The Balaban J connectivity index is 0. The molecule has 4 heteroatoms. The third kappa shape index (κ3) is 3.76. The van der Waals surface area contributed by atoms with Crippen molar-refractivity contribution in [2.24, 2.45) is 0 Å². The molecule has 0 fully saturated rings. The zero-order valence-corrected chi connectivity index (χ0v) is 6.47. The molecular weight excluding hydrogens is 191 g/mol. The molecule has 0 aliphatic carbocycles. The Morgan fingerprint density at radius 1 is 1.36 bits per heavy atom. The SMILES string of the molecule is O.O=C(O)c1cc[c-]cc1.[Ni]. The van der Waals surface area contributed by atoms with Crippen molar-refractivity contribution in [3.63, 3.8) is 0 Å². The normalized spacial score (nSPS) is 7.27. The number of benzene rings is 1. The molecule has 0 bridgehead atoms. The van der Waals surface area contributed by atoms with Crippen molar-refractivity contribution >= 4 is 5.97 Å². The Hall–Kier alpha value is -0.856. The summed E-state index contributed by atoms with van der Waals surface area (Å²) in [6.07, 6.45) is 0. The van der Waals surface area contributed by atoms with Gasteiger partial charge in [-0.3, -0.25) is 0 Å². The van der Waals surface area contributed by atoms with E-state index in [1.165, 1.54) is 12.1 Å². The minimum absolute atomic E-state index is 0. The first-order chi connectivity index (χ1) is 4.30. The molecule has 0 saturated heterocycles. The van der Waals surface area contributed by atoms with Gasteiger partial charge in [0.25, 0.3) is 0 Å². The standard InChI is InChI=1S/C7H5O2.Ni.H2O/c8-7(9)6-4-2-1-3-5-6;;/h2-5H,(H,8,9);;1H2/q-1;;. The number of rotatable bonds is 1. The van der Waals surface area contributed by atoms with E-state index in [4.69, 9.17) is 5.11 Å². The van der Waals surface area contributed by atoms with Gasteiger partial charge >= 0.3 is 5.97 Å². The van der Waals surface area contributed by atoms with Crippen LogP contribution in [0.2, 0.25) is 0 Å². The minimum Gasteiger partial charge on any atom is -0.479 e. The first-order valence-electron chi connectivity index (χ1n) is 2.50. The van der Waals surface area contributed by atoms with Crippen LogP contribution in [0, 0.1) is 6.07 Å². The summed E-state index contributed by atoms with van der Waals surface area (Å²) in [4.78, 5) is 10.2. The van der Waals surface area contributed by atoms with Gasteiger partial charge in [-0.1, -0.05) is 0 Å². The van der Waals surface area contributed by atoms with Crippen molar-refractivity contribution in [3.8, 4) is 0 Å². The molecule has 1 aromatic rings. The maximum atomic E-state index is 10.2. The molecule has 0 aliphatic rings. The predicted octanol–water partition coefficient (Wildman–Crippen LogP) is 0.358.